The maximum atomic E-state index is 14.5. The van der Waals surface area contributed by atoms with Crippen LogP contribution in [-0.2, 0) is 12.8 Å². The van der Waals surface area contributed by atoms with Crippen molar-refractivity contribution in [2.24, 2.45) is 0 Å². The van der Waals surface area contributed by atoms with Crippen molar-refractivity contribution in [2.45, 2.75) is 45.4 Å². The first-order valence-corrected chi connectivity index (χ1v) is 8.45. The molecule has 1 aliphatic rings. The molecule has 0 spiro atoms. The Morgan fingerprint density at radius 2 is 1.83 bits per heavy atom. The summed E-state index contributed by atoms with van der Waals surface area (Å²) in [7, 11) is 0. The van der Waals surface area contributed by atoms with E-state index in [1.165, 1.54) is 18.9 Å². The minimum Gasteiger partial charge on any atom is -0.207 e. The van der Waals surface area contributed by atoms with Gasteiger partial charge in [0.25, 0.3) is 0 Å². The summed E-state index contributed by atoms with van der Waals surface area (Å²) in [5.41, 5.74) is 4.75. The molecular formula is C21H22F2. The summed E-state index contributed by atoms with van der Waals surface area (Å²) in [6.07, 6.45) is 7.91. The number of benzene rings is 2. The molecule has 0 heterocycles. The Balaban J connectivity index is 1.83. The summed E-state index contributed by atoms with van der Waals surface area (Å²) in [6.45, 7) is 2.17. The second-order valence-electron chi connectivity index (χ2n) is 6.28. The third kappa shape index (κ3) is 3.69. The van der Waals surface area contributed by atoms with Crippen molar-refractivity contribution in [2.75, 3.05) is 0 Å². The fourth-order valence-corrected chi connectivity index (χ4v) is 3.23. The first-order valence-electron chi connectivity index (χ1n) is 8.45. The predicted octanol–water partition coefficient (Wildman–Crippen LogP) is 6.18. The zero-order valence-corrected chi connectivity index (χ0v) is 13.5. The number of allylic oxidation sites excluding steroid dienone is 1. The van der Waals surface area contributed by atoms with Crippen LogP contribution in [0, 0.1) is 11.6 Å². The van der Waals surface area contributed by atoms with Crippen LogP contribution in [-0.4, -0.2) is 0 Å². The number of hydrogen-bond acceptors (Lipinski definition) is 0. The molecule has 0 amide bonds. The molecule has 2 aromatic rings. The molecule has 2 aromatic carbocycles. The van der Waals surface area contributed by atoms with Crippen LogP contribution in [0.3, 0.4) is 0 Å². The zero-order chi connectivity index (χ0) is 16.2. The highest BCUT2D eigenvalue weighted by atomic mass is 19.1. The average Bonchev–Trinajstić information content (AvgIpc) is 2.55. The van der Waals surface area contributed by atoms with Gasteiger partial charge in [-0.2, -0.15) is 0 Å². The lowest BCUT2D eigenvalue weighted by Gasteiger charge is -2.17. The van der Waals surface area contributed by atoms with Crippen molar-refractivity contribution in [3.63, 3.8) is 0 Å². The van der Waals surface area contributed by atoms with Crippen molar-refractivity contribution in [1.29, 1.82) is 0 Å². The smallest absolute Gasteiger partial charge is 0.130 e. The molecule has 0 atom stereocenters. The van der Waals surface area contributed by atoms with E-state index in [4.69, 9.17) is 0 Å². The van der Waals surface area contributed by atoms with Crippen LogP contribution in [0.2, 0.25) is 0 Å². The molecule has 0 aliphatic heterocycles. The van der Waals surface area contributed by atoms with Crippen LogP contribution < -0.4 is 0 Å². The summed E-state index contributed by atoms with van der Waals surface area (Å²) in [5, 5.41) is 0. The average molecular weight is 312 g/mol. The Morgan fingerprint density at radius 3 is 2.61 bits per heavy atom. The summed E-state index contributed by atoms with van der Waals surface area (Å²) >= 11 is 0. The van der Waals surface area contributed by atoms with E-state index in [1.54, 1.807) is 18.2 Å². The van der Waals surface area contributed by atoms with Gasteiger partial charge in [-0.25, -0.2) is 8.78 Å². The lowest BCUT2D eigenvalue weighted by molar-refractivity contribution is 0.617. The summed E-state index contributed by atoms with van der Waals surface area (Å²) < 4.78 is 27.8. The summed E-state index contributed by atoms with van der Waals surface area (Å²) in [6, 6.07) is 10.4. The number of fused-ring (bicyclic) bond motifs is 1. The second kappa shape index (κ2) is 7.08. The molecule has 2 heteroatoms. The quantitative estimate of drug-likeness (QED) is 0.578. The van der Waals surface area contributed by atoms with Gasteiger partial charge in [0.1, 0.15) is 11.6 Å². The standard InChI is InChI=1S/C21H22F2/c1-2-3-4-5-15-6-11-20(21(23)12-15)18-8-7-17-14-19(22)10-9-16(17)13-18/h6,9-14H,2-5,7-8H2,1H3. The van der Waals surface area contributed by atoms with E-state index < -0.39 is 0 Å². The van der Waals surface area contributed by atoms with Crippen molar-refractivity contribution in [3.05, 3.63) is 70.3 Å². The van der Waals surface area contributed by atoms with E-state index in [2.05, 4.69) is 6.92 Å². The first kappa shape index (κ1) is 15.9. The molecule has 0 N–H and O–H groups in total. The zero-order valence-electron chi connectivity index (χ0n) is 13.5. The third-order valence-corrected chi connectivity index (χ3v) is 4.55. The molecule has 120 valence electrons. The summed E-state index contributed by atoms with van der Waals surface area (Å²) in [5.74, 6) is -0.348. The lowest BCUT2D eigenvalue weighted by atomic mass is 9.88. The van der Waals surface area contributed by atoms with Crippen molar-refractivity contribution >= 4 is 11.6 Å². The minimum absolute atomic E-state index is 0.143. The first-order chi connectivity index (χ1) is 11.2. The van der Waals surface area contributed by atoms with Crippen LogP contribution in [0.4, 0.5) is 8.78 Å². The number of hydrogen-bond donors (Lipinski definition) is 0. The van der Waals surface area contributed by atoms with E-state index in [1.807, 2.05) is 18.2 Å². The molecular weight excluding hydrogens is 290 g/mol. The van der Waals surface area contributed by atoms with Crippen LogP contribution in [0.1, 0.15) is 54.9 Å². The van der Waals surface area contributed by atoms with Gasteiger partial charge in [-0.05, 0) is 66.1 Å². The van der Waals surface area contributed by atoms with Crippen molar-refractivity contribution in [3.8, 4) is 0 Å². The van der Waals surface area contributed by atoms with Gasteiger partial charge in [0, 0.05) is 5.56 Å². The molecule has 0 nitrogen and oxygen atoms in total. The Labute approximate surface area is 136 Å². The largest absolute Gasteiger partial charge is 0.207 e. The fraction of sp³-hybridized carbons (Fsp3) is 0.333. The van der Waals surface area contributed by atoms with E-state index in [0.717, 1.165) is 47.9 Å². The molecule has 0 saturated heterocycles. The minimum atomic E-state index is -0.205. The van der Waals surface area contributed by atoms with E-state index in [0.29, 0.717) is 5.56 Å². The molecule has 0 radical (unpaired) electrons. The number of aryl methyl sites for hydroxylation is 2. The molecule has 0 aromatic heterocycles. The highest BCUT2D eigenvalue weighted by Crippen LogP contribution is 2.32. The Bertz CT molecular complexity index is 729. The Hall–Kier alpha value is -1.96. The Morgan fingerprint density at radius 1 is 0.957 bits per heavy atom. The van der Waals surface area contributed by atoms with Gasteiger partial charge in [-0.15, -0.1) is 0 Å². The van der Waals surface area contributed by atoms with Gasteiger partial charge in [0.15, 0.2) is 0 Å². The maximum absolute atomic E-state index is 14.5. The number of halogens is 2. The molecule has 0 bridgehead atoms. The van der Waals surface area contributed by atoms with Gasteiger partial charge in [-0.1, -0.05) is 44.0 Å². The van der Waals surface area contributed by atoms with E-state index in [9.17, 15) is 8.78 Å². The lowest BCUT2D eigenvalue weighted by Crippen LogP contribution is -2.01. The van der Waals surface area contributed by atoms with Gasteiger partial charge < -0.3 is 0 Å². The van der Waals surface area contributed by atoms with E-state index >= 15 is 0 Å². The van der Waals surface area contributed by atoms with E-state index in [-0.39, 0.29) is 11.6 Å². The van der Waals surface area contributed by atoms with Crippen molar-refractivity contribution < 1.29 is 8.78 Å². The van der Waals surface area contributed by atoms with Crippen LogP contribution in [0.25, 0.3) is 11.6 Å². The van der Waals surface area contributed by atoms with Gasteiger partial charge >= 0.3 is 0 Å². The molecule has 23 heavy (non-hydrogen) atoms. The molecule has 1 aliphatic carbocycles. The predicted molar refractivity (Wildman–Crippen MR) is 92.2 cm³/mol. The van der Waals surface area contributed by atoms with Crippen LogP contribution >= 0.6 is 0 Å². The molecule has 3 rings (SSSR count). The molecule has 0 fully saturated rings. The van der Waals surface area contributed by atoms with Gasteiger partial charge in [0.2, 0.25) is 0 Å². The molecule has 0 saturated carbocycles. The normalized spacial score (nSPS) is 13.6. The van der Waals surface area contributed by atoms with Crippen LogP contribution in [0.15, 0.2) is 36.4 Å². The monoisotopic (exact) mass is 312 g/mol. The number of unbranched alkanes of at least 4 members (excludes halogenated alkanes) is 2. The SMILES string of the molecule is CCCCCc1ccc(C2=Cc3ccc(F)cc3CC2)c(F)c1. The second-order valence-corrected chi connectivity index (χ2v) is 6.28. The Kier molecular flexibility index (Phi) is 4.90. The molecule has 0 unspecified atom stereocenters. The van der Waals surface area contributed by atoms with Crippen molar-refractivity contribution in [1.82, 2.24) is 0 Å². The topological polar surface area (TPSA) is 0 Å². The fourth-order valence-electron chi connectivity index (χ4n) is 3.23. The highest BCUT2D eigenvalue weighted by Gasteiger charge is 2.15. The van der Waals surface area contributed by atoms with Gasteiger partial charge in [-0.3, -0.25) is 0 Å². The summed E-state index contributed by atoms with van der Waals surface area (Å²) in [4.78, 5) is 0. The van der Waals surface area contributed by atoms with Gasteiger partial charge in [0.05, 0.1) is 0 Å². The van der Waals surface area contributed by atoms with Crippen LogP contribution in [0.5, 0.6) is 0 Å². The third-order valence-electron chi connectivity index (χ3n) is 4.55. The number of rotatable bonds is 5. The maximum Gasteiger partial charge on any atom is 0.130 e. The highest BCUT2D eigenvalue weighted by molar-refractivity contribution is 5.84.